The van der Waals surface area contributed by atoms with E-state index in [1.54, 1.807) is 11.3 Å². The summed E-state index contributed by atoms with van der Waals surface area (Å²) in [6, 6.07) is 3.89. The number of carbonyl (C=O) groups is 1. The minimum absolute atomic E-state index is 0.203. The number of nitrogens with zero attached hydrogens (tertiary/aromatic N) is 1. The average Bonchev–Trinajstić information content (AvgIpc) is 2.86. The maximum absolute atomic E-state index is 12.0. The summed E-state index contributed by atoms with van der Waals surface area (Å²) in [5, 5.41) is 9.51. The summed E-state index contributed by atoms with van der Waals surface area (Å²) in [5.74, 6) is 0.530. The zero-order chi connectivity index (χ0) is 12.4. The minimum atomic E-state index is -0.265. The maximum Gasteiger partial charge on any atom is 0.186 e. The van der Waals surface area contributed by atoms with Gasteiger partial charge in [0.05, 0.1) is 17.5 Å². The molecule has 4 heteroatoms. The first kappa shape index (κ1) is 12.7. The zero-order valence-corrected chi connectivity index (χ0v) is 11.2. The number of aliphatic hydroxyl groups is 1. The van der Waals surface area contributed by atoms with Crippen molar-refractivity contribution in [1.29, 1.82) is 0 Å². The van der Waals surface area contributed by atoms with E-state index in [1.165, 1.54) is 4.88 Å². The molecule has 1 aliphatic heterocycles. The number of aliphatic hydroxyl groups excluding tert-OH is 1. The molecule has 2 heterocycles. The van der Waals surface area contributed by atoms with E-state index in [0.29, 0.717) is 12.5 Å². The molecule has 3 nitrogen and oxygen atoms in total. The monoisotopic (exact) mass is 253 g/mol. The molecule has 0 spiro atoms. The van der Waals surface area contributed by atoms with E-state index < -0.39 is 0 Å². The summed E-state index contributed by atoms with van der Waals surface area (Å²) < 4.78 is 0. The number of thiophene rings is 1. The Balaban J connectivity index is 1.88. The van der Waals surface area contributed by atoms with Gasteiger partial charge in [0.25, 0.3) is 0 Å². The molecule has 1 N–H and O–H groups in total. The molecular weight excluding hydrogens is 234 g/mol. The second-order valence-corrected chi connectivity index (χ2v) is 6.15. The van der Waals surface area contributed by atoms with Gasteiger partial charge in [-0.2, -0.15) is 0 Å². The Kier molecular flexibility index (Phi) is 3.97. The summed E-state index contributed by atoms with van der Waals surface area (Å²) in [6.07, 6.45) is 0.730. The largest absolute Gasteiger partial charge is 0.393 e. The lowest BCUT2D eigenvalue weighted by Gasteiger charge is -2.16. The topological polar surface area (TPSA) is 40.5 Å². The van der Waals surface area contributed by atoms with Crippen LogP contribution in [0.5, 0.6) is 0 Å². The summed E-state index contributed by atoms with van der Waals surface area (Å²) >= 11 is 1.56. The standard InChI is InChI=1S/C13H19NO2S/c1-9-3-4-13(17-9)12(16)8-14-6-5-11(7-14)10(2)15/h3-4,10-11,15H,5-8H2,1-2H3. The highest BCUT2D eigenvalue weighted by molar-refractivity contribution is 7.14. The van der Waals surface area contributed by atoms with Gasteiger partial charge in [-0.05, 0) is 44.9 Å². The van der Waals surface area contributed by atoms with Crippen molar-refractivity contribution in [3.63, 3.8) is 0 Å². The quantitative estimate of drug-likeness (QED) is 0.834. The summed E-state index contributed by atoms with van der Waals surface area (Å²) in [7, 11) is 0. The van der Waals surface area contributed by atoms with Crippen LogP contribution in [0.2, 0.25) is 0 Å². The molecule has 0 aromatic carbocycles. The first-order valence-corrected chi connectivity index (χ1v) is 6.88. The fourth-order valence-electron chi connectivity index (χ4n) is 2.27. The van der Waals surface area contributed by atoms with Crippen LogP contribution in [0, 0.1) is 12.8 Å². The minimum Gasteiger partial charge on any atom is -0.393 e. The number of aryl methyl sites for hydroxylation is 1. The van der Waals surface area contributed by atoms with Crippen molar-refractivity contribution < 1.29 is 9.90 Å². The first-order valence-electron chi connectivity index (χ1n) is 6.06. The Morgan fingerprint density at radius 2 is 2.41 bits per heavy atom. The molecule has 1 aromatic rings. The van der Waals surface area contributed by atoms with E-state index in [-0.39, 0.29) is 11.9 Å². The molecule has 1 saturated heterocycles. The molecule has 1 aliphatic rings. The van der Waals surface area contributed by atoms with Crippen LogP contribution in [0.15, 0.2) is 12.1 Å². The van der Waals surface area contributed by atoms with Crippen LogP contribution in [0.3, 0.4) is 0 Å². The lowest BCUT2D eigenvalue weighted by molar-refractivity contribution is 0.0929. The lowest BCUT2D eigenvalue weighted by Crippen LogP contribution is -2.29. The highest BCUT2D eigenvalue weighted by Gasteiger charge is 2.27. The van der Waals surface area contributed by atoms with Crippen LogP contribution in [0.4, 0.5) is 0 Å². The average molecular weight is 253 g/mol. The predicted molar refractivity (Wildman–Crippen MR) is 69.6 cm³/mol. The molecule has 1 aromatic heterocycles. The molecule has 0 amide bonds. The number of hydrogen-bond donors (Lipinski definition) is 1. The van der Waals surface area contributed by atoms with Gasteiger partial charge in [-0.25, -0.2) is 0 Å². The molecule has 94 valence electrons. The van der Waals surface area contributed by atoms with Crippen LogP contribution in [-0.4, -0.2) is 41.5 Å². The molecule has 0 aliphatic carbocycles. The second kappa shape index (κ2) is 5.29. The van der Waals surface area contributed by atoms with Crippen LogP contribution >= 0.6 is 11.3 Å². The van der Waals surface area contributed by atoms with E-state index in [9.17, 15) is 9.90 Å². The molecule has 2 atom stereocenters. The van der Waals surface area contributed by atoms with Crippen molar-refractivity contribution in [2.24, 2.45) is 5.92 Å². The number of carbonyl (C=O) groups excluding carboxylic acids is 1. The Labute approximate surface area is 106 Å². The van der Waals surface area contributed by atoms with E-state index >= 15 is 0 Å². The predicted octanol–water partition coefficient (Wildman–Crippen LogP) is 1.94. The third-order valence-electron chi connectivity index (χ3n) is 3.37. The van der Waals surface area contributed by atoms with Crippen LogP contribution in [0.1, 0.15) is 27.9 Å². The molecule has 2 unspecified atom stereocenters. The lowest BCUT2D eigenvalue weighted by atomic mass is 10.0. The number of Topliss-reactive ketones (excluding diaryl/α,β-unsaturated/α-hetero) is 1. The third kappa shape index (κ3) is 3.15. The van der Waals surface area contributed by atoms with Crippen molar-refractivity contribution in [3.8, 4) is 0 Å². The second-order valence-electron chi connectivity index (χ2n) is 4.86. The van der Waals surface area contributed by atoms with E-state index in [2.05, 4.69) is 4.90 Å². The van der Waals surface area contributed by atoms with Gasteiger partial charge in [-0.3, -0.25) is 9.69 Å². The SMILES string of the molecule is Cc1ccc(C(=O)CN2CCC(C(C)O)C2)s1. The number of ketones is 1. The van der Waals surface area contributed by atoms with E-state index in [0.717, 1.165) is 24.4 Å². The smallest absolute Gasteiger partial charge is 0.186 e. The Morgan fingerprint density at radius 3 is 2.94 bits per heavy atom. The van der Waals surface area contributed by atoms with E-state index in [1.807, 2.05) is 26.0 Å². The van der Waals surface area contributed by atoms with Gasteiger partial charge in [0, 0.05) is 11.4 Å². The van der Waals surface area contributed by atoms with Crippen LogP contribution in [-0.2, 0) is 0 Å². The van der Waals surface area contributed by atoms with Gasteiger partial charge in [-0.15, -0.1) is 11.3 Å². The highest BCUT2D eigenvalue weighted by atomic mass is 32.1. The molecule has 1 fully saturated rings. The molecule has 2 rings (SSSR count). The Hall–Kier alpha value is -0.710. The van der Waals surface area contributed by atoms with Crippen molar-refractivity contribution in [2.45, 2.75) is 26.4 Å². The maximum atomic E-state index is 12.0. The third-order valence-corrected chi connectivity index (χ3v) is 4.42. The number of hydrogen-bond acceptors (Lipinski definition) is 4. The summed E-state index contributed by atoms with van der Waals surface area (Å²) in [6.45, 7) is 6.10. The Morgan fingerprint density at radius 1 is 1.65 bits per heavy atom. The molecule has 0 radical (unpaired) electrons. The van der Waals surface area contributed by atoms with Crippen LogP contribution < -0.4 is 0 Å². The van der Waals surface area contributed by atoms with Crippen molar-refractivity contribution >= 4 is 17.1 Å². The van der Waals surface area contributed by atoms with Gasteiger partial charge in [0.15, 0.2) is 5.78 Å². The molecular formula is C13H19NO2S. The fraction of sp³-hybridized carbons (Fsp3) is 0.615. The van der Waals surface area contributed by atoms with Gasteiger partial charge in [-0.1, -0.05) is 0 Å². The summed E-state index contributed by atoms with van der Waals surface area (Å²) in [5.41, 5.74) is 0. The number of rotatable bonds is 4. The fourth-order valence-corrected chi connectivity index (χ4v) is 3.06. The van der Waals surface area contributed by atoms with Crippen molar-refractivity contribution in [3.05, 3.63) is 21.9 Å². The Bertz CT molecular complexity index is 400. The van der Waals surface area contributed by atoms with Crippen LogP contribution in [0.25, 0.3) is 0 Å². The van der Waals surface area contributed by atoms with Gasteiger partial charge < -0.3 is 5.11 Å². The normalized spacial score (nSPS) is 22.9. The molecule has 17 heavy (non-hydrogen) atoms. The van der Waals surface area contributed by atoms with Gasteiger partial charge in [0.1, 0.15) is 0 Å². The highest BCUT2D eigenvalue weighted by Crippen LogP contribution is 2.21. The van der Waals surface area contributed by atoms with E-state index in [4.69, 9.17) is 0 Å². The summed E-state index contributed by atoms with van der Waals surface area (Å²) in [4.78, 5) is 16.2. The van der Waals surface area contributed by atoms with Gasteiger partial charge in [0.2, 0.25) is 0 Å². The number of likely N-dealkylation sites (tertiary alicyclic amines) is 1. The molecule has 0 saturated carbocycles. The zero-order valence-electron chi connectivity index (χ0n) is 10.3. The first-order chi connectivity index (χ1) is 8.06. The van der Waals surface area contributed by atoms with Crippen molar-refractivity contribution in [2.75, 3.05) is 19.6 Å². The molecule has 0 bridgehead atoms. The van der Waals surface area contributed by atoms with Crippen molar-refractivity contribution in [1.82, 2.24) is 4.90 Å². The van der Waals surface area contributed by atoms with Gasteiger partial charge >= 0.3 is 0 Å².